The number of imidazole rings is 1. The zero-order chi connectivity index (χ0) is 21.4. The molecule has 4 nitrogen and oxygen atoms in total. The third-order valence-corrected chi connectivity index (χ3v) is 5.59. The van der Waals surface area contributed by atoms with Crippen LogP contribution in [0.15, 0.2) is 72.8 Å². The van der Waals surface area contributed by atoms with Crippen LogP contribution in [0.5, 0.6) is 0 Å². The van der Waals surface area contributed by atoms with Crippen molar-refractivity contribution in [2.24, 2.45) is 0 Å². The summed E-state index contributed by atoms with van der Waals surface area (Å²) in [5.41, 5.74) is 6.30. The number of para-hydroxylation sites is 3. The molecule has 5 aromatic rings. The molecule has 2 heterocycles. The van der Waals surface area contributed by atoms with Crippen LogP contribution in [0.3, 0.4) is 0 Å². The van der Waals surface area contributed by atoms with Crippen LogP contribution in [-0.2, 0) is 6.54 Å². The van der Waals surface area contributed by atoms with Crippen LogP contribution in [0.1, 0.15) is 22.6 Å². The minimum Gasteiger partial charge on any atom is -0.340 e. The summed E-state index contributed by atoms with van der Waals surface area (Å²) >= 11 is 0. The first kappa shape index (κ1) is 18.8. The van der Waals surface area contributed by atoms with E-state index in [4.69, 9.17) is 0 Å². The Balaban J connectivity index is 1.64. The number of nitrogens with zero attached hydrogens (tertiary/aromatic N) is 3. The van der Waals surface area contributed by atoms with Gasteiger partial charge in [-0.25, -0.2) is 9.37 Å². The van der Waals surface area contributed by atoms with E-state index < -0.39 is 0 Å². The summed E-state index contributed by atoms with van der Waals surface area (Å²) in [5.74, 6) is 0.310. The molecular formula is C26H19FN4. The van der Waals surface area contributed by atoms with Crippen LogP contribution in [0.25, 0.3) is 33.6 Å². The molecule has 5 rings (SSSR count). The molecule has 0 aliphatic carbocycles. The fraction of sp³-hybridized carbons (Fsp3) is 0.0769. The number of aromatic nitrogens is 3. The average Bonchev–Trinajstić information content (AvgIpc) is 3.33. The zero-order valence-electron chi connectivity index (χ0n) is 16.9. The first-order chi connectivity index (χ1) is 15.1. The van der Waals surface area contributed by atoms with E-state index >= 15 is 0 Å². The van der Waals surface area contributed by atoms with E-state index in [0.29, 0.717) is 17.9 Å². The zero-order valence-corrected chi connectivity index (χ0v) is 16.9. The van der Waals surface area contributed by atoms with Gasteiger partial charge >= 0.3 is 0 Å². The van der Waals surface area contributed by atoms with Gasteiger partial charge in [0.15, 0.2) is 0 Å². The highest BCUT2D eigenvalue weighted by Crippen LogP contribution is 2.30. The number of hydrogen-bond acceptors (Lipinski definition) is 2. The van der Waals surface area contributed by atoms with E-state index in [-0.39, 0.29) is 5.82 Å². The molecule has 0 radical (unpaired) electrons. The minimum absolute atomic E-state index is 0.244. The topological polar surface area (TPSA) is 57.4 Å². The van der Waals surface area contributed by atoms with Crippen molar-refractivity contribution in [2.75, 3.05) is 0 Å². The summed E-state index contributed by atoms with van der Waals surface area (Å²) in [6, 6.07) is 24.7. The molecule has 0 saturated heterocycles. The lowest BCUT2D eigenvalue weighted by molar-refractivity contribution is 0.626. The van der Waals surface area contributed by atoms with Gasteiger partial charge < -0.3 is 9.55 Å². The Hall–Kier alpha value is -4.17. The number of nitrogens with one attached hydrogen (secondary N) is 1. The number of aromatic amines is 1. The van der Waals surface area contributed by atoms with Gasteiger partial charge in [-0.05, 0) is 48.9 Å². The predicted molar refractivity (Wildman–Crippen MR) is 122 cm³/mol. The fourth-order valence-electron chi connectivity index (χ4n) is 3.99. The molecule has 0 unspecified atom stereocenters. The third-order valence-electron chi connectivity index (χ3n) is 5.59. The van der Waals surface area contributed by atoms with Gasteiger partial charge in [-0.3, -0.25) is 0 Å². The van der Waals surface area contributed by atoms with Crippen LogP contribution in [0.2, 0.25) is 0 Å². The molecule has 0 atom stereocenters. The van der Waals surface area contributed by atoms with Crippen molar-refractivity contribution in [3.05, 3.63) is 101 Å². The summed E-state index contributed by atoms with van der Waals surface area (Å²) in [7, 11) is 0. The number of halogens is 1. The Bertz CT molecular complexity index is 1450. The second kappa shape index (κ2) is 7.58. The average molecular weight is 406 g/mol. The molecule has 31 heavy (non-hydrogen) atoms. The Morgan fingerprint density at radius 2 is 1.81 bits per heavy atom. The standard InChI is InChI=1S/C26H19FN4/c1-17-22(14-19(15-28)26-29-23-7-3-4-8-24(23)30-26)21-6-2-5-9-25(21)31(17)16-18-10-12-20(27)13-11-18/h2-14H,16H2,1H3,(H,29,30). The summed E-state index contributed by atoms with van der Waals surface area (Å²) < 4.78 is 15.5. The first-order valence-corrected chi connectivity index (χ1v) is 10.0. The lowest BCUT2D eigenvalue weighted by Gasteiger charge is -2.09. The van der Waals surface area contributed by atoms with Crippen molar-refractivity contribution < 1.29 is 4.39 Å². The highest BCUT2D eigenvalue weighted by molar-refractivity contribution is 5.99. The monoisotopic (exact) mass is 406 g/mol. The van der Waals surface area contributed by atoms with Crippen LogP contribution in [-0.4, -0.2) is 14.5 Å². The second-order valence-electron chi connectivity index (χ2n) is 7.50. The maximum Gasteiger partial charge on any atom is 0.149 e. The smallest absolute Gasteiger partial charge is 0.149 e. The Kier molecular flexibility index (Phi) is 4.61. The van der Waals surface area contributed by atoms with Crippen LogP contribution in [0.4, 0.5) is 4.39 Å². The number of hydrogen-bond donors (Lipinski definition) is 1. The Labute approximate surface area is 178 Å². The molecular weight excluding hydrogens is 387 g/mol. The van der Waals surface area contributed by atoms with Gasteiger partial charge in [0.2, 0.25) is 0 Å². The van der Waals surface area contributed by atoms with Crippen molar-refractivity contribution in [1.82, 2.24) is 14.5 Å². The molecule has 0 bridgehead atoms. The van der Waals surface area contributed by atoms with Gasteiger partial charge in [0.05, 0.1) is 16.6 Å². The number of nitriles is 1. The molecule has 150 valence electrons. The number of fused-ring (bicyclic) bond motifs is 2. The van der Waals surface area contributed by atoms with Crippen molar-refractivity contribution in [1.29, 1.82) is 5.26 Å². The van der Waals surface area contributed by atoms with Crippen LogP contribution < -0.4 is 0 Å². The SMILES string of the molecule is Cc1c(C=C(C#N)c2nc3ccccc3[nH]2)c2ccccc2n1Cc1ccc(F)cc1. The third kappa shape index (κ3) is 3.38. The fourth-order valence-corrected chi connectivity index (χ4v) is 3.99. The molecule has 1 N–H and O–H groups in total. The normalized spacial score (nSPS) is 11.8. The van der Waals surface area contributed by atoms with E-state index in [1.54, 1.807) is 12.1 Å². The summed E-state index contributed by atoms with van der Waals surface area (Å²) in [6.07, 6.45) is 1.90. The molecule has 0 aliphatic heterocycles. The minimum atomic E-state index is -0.244. The molecule has 0 aliphatic rings. The Morgan fingerprint density at radius 3 is 2.58 bits per heavy atom. The number of allylic oxidation sites excluding steroid dienone is 1. The largest absolute Gasteiger partial charge is 0.340 e. The van der Waals surface area contributed by atoms with Crippen molar-refractivity contribution in [3.63, 3.8) is 0 Å². The van der Waals surface area contributed by atoms with E-state index in [9.17, 15) is 9.65 Å². The highest BCUT2D eigenvalue weighted by Gasteiger charge is 2.15. The van der Waals surface area contributed by atoms with Crippen molar-refractivity contribution in [2.45, 2.75) is 13.5 Å². The van der Waals surface area contributed by atoms with Crippen molar-refractivity contribution in [3.8, 4) is 6.07 Å². The number of benzene rings is 3. The number of H-pyrrole nitrogens is 1. The number of rotatable bonds is 4. The molecule has 0 amide bonds. The highest BCUT2D eigenvalue weighted by atomic mass is 19.1. The van der Waals surface area contributed by atoms with Gasteiger partial charge in [-0.2, -0.15) is 5.26 Å². The lowest BCUT2D eigenvalue weighted by atomic mass is 10.1. The first-order valence-electron chi connectivity index (χ1n) is 10.0. The summed E-state index contributed by atoms with van der Waals surface area (Å²) in [4.78, 5) is 7.83. The summed E-state index contributed by atoms with van der Waals surface area (Å²) in [6.45, 7) is 2.66. The maximum atomic E-state index is 13.3. The molecule has 0 fully saturated rings. The van der Waals surface area contributed by atoms with Gasteiger partial charge in [0.1, 0.15) is 17.7 Å². The molecule has 3 aromatic carbocycles. The van der Waals surface area contributed by atoms with Crippen LogP contribution >= 0.6 is 0 Å². The van der Waals surface area contributed by atoms with E-state index in [1.165, 1.54) is 12.1 Å². The molecule has 5 heteroatoms. The van der Waals surface area contributed by atoms with Crippen molar-refractivity contribution >= 4 is 33.6 Å². The van der Waals surface area contributed by atoms with Gasteiger partial charge in [-0.15, -0.1) is 0 Å². The van der Waals surface area contributed by atoms with Gasteiger partial charge in [0, 0.05) is 28.7 Å². The predicted octanol–water partition coefficient (Wildman–Crippen LogP) is 6.08. The summed E-state index contributed by atoms with van der Waals surface area (Å²) in [5, 5.41) is 10.9. The Morgan fingerprint density at radius 1 is 1.06 bits per heavy atom. The molecule has 0 spiro atoms. The van der Waals surface area contributed by atoms with E-state index in [2.05, 4.69) is 32.7 Å². The quantitative estimate of drug-likeness (QED) is 0.368. The second-order valence-corrected chi connectivity index (χ2v) is 7.50. The van der Waals surface area contributed by atoms with Gasteiger partial charge in [0.25, 0.3) is 0 Å². The van der Waals surface area contributed by atoms with E-state index in [1.807, 2.05) is 49.4 Å². The molecule has 0 saturated carbocycles. The van der Waals surface area contributed by atoms with Gasteiger partial charge in [-0.1, -0.05) is 42.5 Å². The lowest BCUT2D eigenvalue weighted by Crippen LogP contribution is -2.02. The van der Waals surface area contributed by atoms with Crippen LogP contribution in [0, 0.1) is 24.1 Å². The molecule has 2 aromatic heterocycles. The van der Waals surface area contributed by atoms with E-state index in [0.717, 1.165) is 38.8 Å². The maximum absolute atomic E-state index is 13.3.